The first-order chi connectivity index (χ1) is 9.39. The largest absolute Gasteiger partial charge is 0.480 e. The predicted molar refractivity (Wildman–Crippen MR) is 74.8 cm³/mol. The van der Waals surface area contributed by atoms with Crippen LogP contribution in [-0.2, 0) is 9.53 Å². The number of nitrogens with one attached hydrogen (secondary N) is 2. The summed E-state index contributed by atoms with van der Waals surface area (Å²) in [5.41, 5.74) is -0.315. The van der Waals surface area contributed by atoms with E-state index in [-0.39, 0.29) is 13.0 Å². The minimum Gasteiger partial charge on any atom is -0.480 e. The van der Waals surface area contributed by atoms with Crippen molar-refractivity contribution in [3.63, 3.8) is 0 Å². The molecule has 0 amide bonds. The van der Waals surface area contributed by atoms with Crippen LogP contribution in [0.15, 0.2) is 21.7 Å². The van der Waals surface area contributed by atoms with Crippen LogP contribution in [0, 0.1) is 0 Å². The molecule has 20 heavy (non-hydrogen) atoms. The second-order valence-corrected chi connectivity index (χ2v) is 5.76. The van der Waals surface area contributed by atoms with E-state index in [0.717, 1.165) is 4.47 Å². The molecule has 0 aliphatic carbocycles. The van der Waals surface area contributed by atoms with Gasteiger partial charge in [0.05, 0.1) is 11.9 Å². The van der Waals surface area contributed by atoms with Crippen LogP contribution in [0.1, 0.15) is 23.8 Å². The second-order valence-electron chi connectivity index (χ2n) is 4.85. The Hall–Kier alpha value is -1.83. The van der Waals surface area contributed by atoms with Gasteiger partial charge in [-0.25, -0.2) is 9.59 Å². The standard InChI is InChI=1S/C12H14BrN3O4/c1-12(3-9(10(17)18)15-6-16-12)5-20-11(19)8-2-7(13)4-14-8/h2,4,6,9,14H,3,5H2,1H3,(H,15,16)(H,17,18)/t9-,12+/m0/s1. The first kappa shape index (κ1) is 14.6. The minimum absolute atomic E-state index is 0.0538. The van der Waals surface area contributed by atoms with Crippen LogP contribution in [0.3, 0.4) is 0 Å². The molecule has 0 radical (unpaired) electrons. The SMILES string of the molecule is C[C@]1(COC(=O)c2cc(Br)c[nH]2)C[C@@H](C(=O)O)N=CN1. The van der Waals surface area contributed by atoms with E-state index in [2.05, 4.69) is 31.2 Å². The molecule has 2 rings (SSSR count). The maximum atomic E-state index is 11.8. The molecule has 1 aliphatic heterocycles. The maximum absolute atomic E-state index is 11.8. The molecular weight excluding hydrogens is 330 g/mol. The lowest BCUT2D eigenvalue weighted by Crippen LogP contribution is -2.52. The van der Waals surface area contributed by atoms with Gasteiger partial charge in [-0.3, -0.25) is 4.99 Å². The quantitative estimate of drug-likeness (QED) is 0.712. The summed E-state index contributed by atoms with van der Waals surface area (Å²) in [4.78, 5) is 29.3. The summed E-state index contributed by atoms with van der Waals surface area (Å²) >= 11 is 3.23. The number of rotatable bonds is 4. The van der Waals surface area contributed by atoms with Gasteiger partial charge in [-0.1, -0.05) is 0 Å². The van der Waals surface area contributed by atoms with E-state index in [1.54, 1.807) is 19.2 Å². The van der Waals surface area contributed by atoms with Gasteiger partial charge < -0.3 is 20.1 Å². The van der Waals surface area contributed by atoms with Gasteiger partial charge in [0.25, 0.3) is 0 Å². The first-order valence-corrected chi connectivity index (χ1v) is 6.72. The lowest BCUT2D eigenvalue weighted by Gasteiger charge is -2.33. The molecule has 108 valence electrons. The fourth-order valence-corrected chi connectivity index (χ4v) is 2.20. The number of aromatic nitrogens is 1. The zero-order chi connectivity index (χ0) is 14.8. The molecule has 0 saturated heterocycles. The normalized spacial score (nSPS) is 25.0. The Balaban J connectivity index is 1.94. The number of aliphatic imine (C=N–C) groups is 1. The highest BCUT2D eigenvalue weighted by atomic mass is 79.9. The van der Waals surface area contributed by atoms with Gasteiger partial charge in [-0.2, -0.15) is 0 Å². The number of nitrogens with zero attached hydrogens (tertiary/aromatic N) is 1. The lowest BCUT2D eigenvalue weighted by molar-refractivity contribution is -0.139. The third kappa shape index (κ3) is 3.38. The molecule has 0 bridgehead atoms. The molecule has 2 atom stereocenters. The van der Waals surface area contributed by atoms with E-state index in [9.17, 15) is 9.59 Å². The smallest absolute Gasteiger partial charge is 0.354 e. The van der Waals surface area contributed by atoms with Crippen molar-refractivity contribution in [3.05, 3.63) is 22.4 Å². The van der Waals surface area contributed by atoms with E-state index in [1.807, 2.05) is 0 Å². The minimum atomic E-state index is -0.992. The molecule has 1 aliphatic rings. The van der Waals surface area contributed by atoms with Crippen LogP contribution in [0.25, 0.3) is 0 Å². The van der Waals surface area contributed by atoms with Crippen LogP contribution >= 0.6 is 15.9 Å². The number of esters is 1. The summed E-state index contributed by atoms with van der Waals surface area (Å²) in [5.74, 6) is -1.48. The number of ether oxygens (including phenoxy) is 1. The van der Waals surface area contributed by atoms with E-state index in [0.29, 0.717) is 5.69 Å². The van der Waals surface area contributed by atoms with Crippen LogP contribution in [-0.4, -0.2) is 46.6 Å². The summed E-state index contributed by atoms with van der Waals surface area (Å²) in [6, 6.07) is 0.792. The summed E-state index contributed by atoms with van der Waals surface area (Å²) < 4.78 is 5.96. The van der Waals surface area contributed by atoms with Gasteiger partial charge >= 0.3 is 11.9 Å². The van der Waals surface area contributed by atoms with Crippen LogP contribution in [0.5, 0.6) is 0 Å². The molecule has 7 nitrogen and oxygen atoms in total. The Labute approximate surface area is 123 Å². The van der Waals surface area contributed by atoms with E-state index in [4.69, 9.17) is 9.84 Å². The van der Waals surface area contributed by atoms with Crippen LogP contribution in [0.4, 0.5) is 0 Å². The van der Waals surface area contributed by atoms with Gasteiger partial charge in [0.1, 0.15) is 12.3 Å². The number of carboxylic acid groups (broad SMARTS) is 1. The summed E-state index contributed by atoms with van der Waals surface area (Å²) in [5, 5.41) is 11.9. The van der Waals surface area contributed by atoms with E-state index in [1.165, 1.54) is 6.34 Å². The molecule has 1 aromatic heterocycles. The lowest BCUT2D eigenvalue weighted by atomic mass is 9.93. The first-order valence-electron chi connectivity index (χ1n) is 5.93. The number of H-pyrrole nitrogens is 1. The average Bonchev–Trinajstić information content (AvgIpc) is 2.83. The number of hydrogen-bond donors (Lipinski definition) is 3. The van der Waals surface area contributed by atoms with Crippen molar-refractivity contribution in [1.29, 1.82) is 0 Å². The Bertz CT molecular complexity index is 557. The highest BCUT2D eigenvalue weighted by Gasteiger charge is 2.34. The second kappa shape index (κ2) is 5.66. The molecule has 0 spiro atoms. The Morgan fingerprint density at radius 3 is 3.00 bits per heavy atom. The molecule has 0 fully saturated rings. The molecular formula is C12H14BrN3O4. The molecule has 3 N–H and O–H groups in total. The summed E-state index contributed by atoms with van der Waals surface area (Å²) in [6.07, 6.45) is 3.23. The van der Waals surface area contributed by atoms with Crippen molar-refractivity contribution in [1.82, 2.24) is 10.3 Å². The van der Waals surface area contributed by atoms with Gasteiger partial charge in [0.2, 0.25) is 0 Å². The predicted octanol–water partition coefficient (Wildman–Crippen LogP) is 1.17. The van der Waals surface area contributed by atoms with Crippen LogP contribution < -0.4 is 5.32 Å². The van der Waals surface area contributed by atoms with Gasteiger partial charge in [0.15, 0.2) is 6.04 Å². The van der Waals surface area contributed by atoms with E-state index >= 15 is 0 Å². The van der Waals surface area contributed by atoms with Crippen molar-refractivity contribution in [2.45, 2.75) is 24.9 Å². The maximum Gasteiger partial charge on any atom is 0.354 e. The molecule has 0 saturated carbocycles. The Kier molecular flexibility index (Phi) is 4.12. The third-order valence-corrected chi connectivity index (χ3v) is 3.44. The van der Waals surface area contributed by atoms with Crippen molar-refractivity contribution in [3.8, 4) is 0 Å². The van der Waals surface area contributed by atoms with Gasteiger partial charge in [0, 0.05) is 17.1 Å². The zero-order valence-electron chi connectivity index (χ0n) is 10.7. The number of aromatic amines is 1. The molecule has 8 heteroatoms. The number of hydrogen-bond acceptors (Lipinski definition) is 5. The molecule has 0 aromatic carbocycles. The van der Waals surface area contributed by atoms with Crippen LogP contribution in [0.2, 0.25) is 0 Å². The summed E-state index contributed by atoms with van der Waals surface area (Å²) in [6.45, 7) is 1.84. The van der Waals surface area contributed by atoms with Gasteiger partial charge in [-0.05, 0) is 28.9 Å². The number of aliphatic carboxylic acids is 1. The average molecular weight is 344 g/mol. The van der Waals surface area contributed by atoms with Crippen molar-refractivity contribution < 1.29 is 19.4 Å². The number of carbonyl (C=O) groups is 2. The molecule has 0 unspecified atom stereocenters. The molecule has 1 aromatic rings. The number of halogens is 1. The monoisotopic (exact) mass is 343 g/mol. The van der Waals surface area contributed by atoms with Gasteiger partial charge in [-0.15, -0.1) is 0 Å². The van der Waals surface area contributed by atoms with Crippen molar-refractivity contribution in [2.24, 2.45) is 4.99 Å². The zero-order valence-corrected chi connectivity index (χ0v) is 12.3. The van der Waals surface area contributed by atoms with E-state index < -0.39 is 23.5 Å². The summed E-state index contributed by atoms with van der Waals surface area (Å²) in [7, 11) is 0. The Morgan fingerprint density at radius 2 is 2.40 bits per heavy atom. The van der Waals surface area contributed by atoms with Crippen molar-refractivity contribution >= 4 is 34.2 Å². The molecule has 2 heterocycles. The number of carbonyl (C=O) groups excluding carboxylic acids is 1. The highest BCUT2D eigenvalue weighted by molar-refractivity contribution is 9.10. The van der Waals surface area contributed by atoms with Crippen molar-refractivity contribution in [2.75, 3.05) is 6.61 Å². The fourth-order valence-electron chi connectivity index (χ4n) is 1.86. The third-order valence-electron chi connectivity index (χ3n) is 2.99. The number of carboxylic acids is 1. The topological polar surface area (TPSA) is 104 Å². The fraction of sp³-hybridized carbons (Fsp3) is 0.417. The highest BCUT2D eigenvalue weighted by Crippen LogP contribution is 2.19. The Morgan fingerprint density at radius 1 is 1.65 bits per heavy atom.